The van der Waals surface area contributed by atoms with Crippen molar-refractivity contribution in [3.8, 4) is 11.3 Å². The minimum atomic E-state index is -0.142. The number of rotatable bonds is 6. The lowest BCUT2D eigenvalue weighted by Gasteiger charge is -2.37. The highest BCUT2D eigenvalue weighted by Crippen LogP contribution is 2.28. The Morgan fingerprint density at radius 2 is 2.12 bits per heavy atom. The van der Waals surface area contributed by atoms with Gasteiger partial charge >= 0.3 is 0 Å². The molecule has 3 N–H and O–H groups in total. The summed E-state index contributed by atoms with van der Waals surface area (Å²) in [4.78, 5) is 12.6. The third-order valence-electron chi connectivity index (χ3n) is 5.33. The summed E-state index contributed by atoms with van der Waals surface area (Å²) in [5, 5.41) is 18.0. The lowest BCUT2D eigenvalue weighted by molar-refractivity contribution is 0.0510. The number of nitrogens with zero attached hydrogens (tertiary/aromatic N) is 3. The second-order valence-electron chi connectivity index (χ2n) is 7.20. The number of hydrogen-bond acceptors (Lipinski definition) is 5. The molecule has 26 heavy (non-hydrogen) atoms. The molecule has 0 radical (unpaired) electrons. The van der Waals surface area contributed by atoms with Gasteiger partial charge < -0.3 is 15.4 Å². The fraction of sp³-hybridized carbons (Fsp3) is 0.611. The average Bonchev–Trinajstić information content (AvgIpc) is 3.19. The van der Waals surface area contributed by atoms with E-state index in [1.807, 2.05) is 25.6 Å². The maximum Gasteiger partial charge on any atom is 0.269 e. The van der Waals surface area contributed by atoms with Crippen molar-refractivity contribution in [2.75, 3.05) is 33.4 Å². The maximum atomic E-state index is 12.6. The molecule has 3 rings (SSSR count). The number of amides is 1. The summed E-state index contributed by atoms with van der Waals surface area (Å²) in [7, 11) is 3.62. The van der Waals surface area contributed by atoms with E-state index in [0.29, 0.717) is 18.8 Å². The molecule has 0 bridgehead atoms. The zero-order valence-electron chi connectivity index (χ0n) is 16.0. The molecule has 3 heterocycles. The lowest BCUT2D eigenvalue weighted by Crippen LogP contribution is -2.47. The molecule has 0 spiro atoms. The first-order chi connectivity index (χ1) is 12.5. The van der Waals surface area contributed by atoms with Crippen LogP contribution in [0, 0.1) is 19.3 Å². The molecule has 1 amide bonds. The number of hydrogen-bond donors (Lipinski definition) is 3. The first-order valence-corrected chi connectivity index (χ1v) is 8.99. The Labute approximate surface area is 153 Å². The largest absolute Gasteiger partial charge is 0.384 e. The van der Waals surface area contributed by atoms with Crippen LogP contribution in [0.4, 0.5) is 0 Å². The molecule has 1 aliphatic rings. The van der Waals surface area contributed by atoms with E-state index in [1.165, 1.54) is 0 Å². The van der Waals surface area contributed by atoms with Crippen LogP contribution in [0.15, 0.2) is 6.07 Å². The van der Waals surface area contributed by atoms with Crippen LogP contribution in [0.25, 0.3) is 11.3 Å². The fourth-order valence-electron chi connectivity index (χ4n) is 3.71. The number of piperidine rings is 1. The summed E-state index contributed by atoms with van der Waals surface area (Å²) in [6, 6.07) is 1.79. The highest BCUT2D eigenvalue weighted by atomic mass is 16.5. The minimum absolute atomic E-state index is 0.00492. The van der Waals surface area contributed by atoms with E-state index >= 15 is 0 Å². The number of carbonyl (C=O) groups excluding carboxylic acids is 1. The van der Waals surface area contributed by atoms with Crippen LogP contribution in [0.1, 0.15) is 34.7 Å². The van der Waals surface area contributed by atoms with Gasteiger partial charge in [-0.1, -0.05) is 0 Å². The Morgan fingerprint density at radius 3 is 2.73 bits per heavy atom. The Kier molecular flexibility index (Phi) is 5.43. The van der Waals surface area contributed by atoms with Crippen molar-refractivity contribution in [2.24, 2.45) is 12.5 Å². The molecule has 0 aromatic carbocycles. The van der Waals surface area contributed by atoms with Crippen LogP contribution in [0.5, 0.6) is 0 Å². The fourth-order valence-corrected chi connectivity index (χ4v) is 3.71. The normalized spacial score (nSPS) is 16.6. The van der Waals surface area contributed by atoms with Crippen LogP contribution in [0.2, 0.25) is 0 Å². The van der Waals surface area contributed by atoms with Gasteiger partial charge in [-0.2, -0.15) is 10.2 Å². The Hall–Kier alpha value is -2.19. The van der Waals surface area contributed by atoms with Crippen molar-refractivity contribution >= 4 is 5.91 Å². The molecular weight excluding hydrogens is 332 g/mol. The molecule has 1 aliphatic heterocycles. The van der Waals surface area contributed by atoms with Crippen LogP contribution < -0.4 is 10.6 Å². The van der Waals surface area contributed by atoms with Gasteiger partial charge in [0.25, 0.3) is 5.91 Å². The van der Waals surface area contributed by atoms with Gasteiger partial charge in [-0.15, -0.1) is 0 Å². The van der Waals surface area contributed by atoms with Gasteiger partial charge in [0.2, 0.25) is 0 Å². The smallest absolute Gasteiger partial charge is 0.269 e. The zero-order chi connectivity index (χ0) is 18.7. The number of ether oxygens (including phenoxy) is 1. The van der Waals surface area contributed by atoms with E-state index in [0.717, 1.165) is 48.6 Å². The summed E-state index contributed by atoms with van der Waals surface area (Å²) in [5.41, 5.74) is 4.09. The first kappa shape index (κ1) is 18.6. The van der Waals surface area contributed by atoms with Crippen molar-refractivity contribution < 1.29 is 9.53 Å². The van der Waals surface area contributed by atoms with Crippen LogP contribution >= 0.6 is 0 Å². The molecular formula is C18H28N6O2. The molecule has 1 saturated heterocycles. The van der Waals surface area contributed by atoms with Crippen molar-refractivity contribution in [1.82, 2.24) is 30.6 Å². The summed E-state index contributed by atoms with van der Waals surface area (Å²) in [6.07, 6.45) is 1.98. The SMILES string of the molecule is COCC1(CNC(=O)c2cc(-c3c(C)nn(C)c3C)n[nH]2)CCNCC1. The minimum Gasteiger partial charge on any atom is -0.384 e. The third-order valence-corrected chi connectivity index (χ3v) is 5.33. The second-order valence-corrected chi connectivity index (χ2v) is 7.20. The summed E-state index contributed by atoms with van der Waals surface area (Å²) < 4.78 is 7.23. The first-order valence-electron chi connectivity index (χ1n) is 8.99. The Balaban J connectivity index is 1.70. The molecule has 8 nitrogen and oxygen atoms in total. The highest BCUT2D eigenvalue weighted by molar-refractivity contribution is 5.93. The van der Waals surface area contributed by atoms with Crippen molar-refractivity contribution in [3.63, 3.8) is 0 Å². The highest BCUT2D eigenvalue weighted by Gasteiger charge is 2.32. The topological polar surface area (TPSA) is 96.9 Å². The van der Waals surface area contributed by atoms with Crippen molar-refractivity contribution in [1.29, 1.82) is 0 Å². The number of H-pyrrole nitrogens is 1. The lowest BCUT2D eigenvalue weighted by atomic mass is 9.79. The van der Waals surface area contributed by atoms with Gasteiger partial charge in [-0.05, 0) is 45.8 Å². The third kappa shape index (κ3) is 3.66. The van der Waals surface area contributed by atoms with Crippen LogP contribution in [-0.4, -0.2) is 59.2 Å². The Bertz CT molecular complexity index is 767. The number of aromatic nitrogens is 4. The number of methoxy groups -OCH3 is 1. The van der Waals surface area contributed by atoms with Gasteiger partial charge in [0.1, 0.15) is 5.69 Å². The molecule has 1 fully saturated rings. The van der Waals surface area contributed by atoms with Crippen molar-refractivity contribution in [3.05, 3.63) is 23.1 Å². The predicted octanol–water partition coefficient (Wildman–Crippen LogP) is 1.17. The summed E-state index contributed by atoms with van der Waals surface area (Å²) >= 11 is 0. The molecule has 2 aromatic heterocycles. The average molecular weight is 360 g/mol. The van der Waals surface area contributed by atoms with Gasteiger partial charge in [0.15, 0.2) is 0 Å². The number of aryl methyl sites for hydroxylation is 2. The number of aromatic amines is 1. The van der Waals surface area contributed by atoms with E-state index in [2.05, 4.69) is 25.9 Å². The Morgan fingerprint density at radius 1 is 1.38 bits per heavy atom. The molecule has 0 saturated carbocycles. The molecule has 2 aromatic rings. The molecule has 0 aliphatic carbocycles. The molecule has 142 valence electrons. The van der Waals surface area contributed by atoms with E-state index in [1.54, 1.807) is 13.2 Å². The molecule has 0 atom stereocenters. The maximum absolute atomic E-state index is 12.6. The molecule has 8 heteroatoms. The van der Waals surface area contributed by atoms with E-state index in [-0.39, 0.29) is 11.3 Å². The van der Waals surface area contributed by atoms with E-state index < -0.39 is 0 Å². The van der Waals surface area contributed by atoms with Crippen molar-refractivity contribution in [2.45, 2.75) is 26.7 Å². The quantitative estimate of drug-likeness (QED) is 0.719. The van der Waals surface area contributed by atoms with Gasteiger partial charge in [-0.3, -0.25) is 14.6 Å². The predicted molar refractivity (Wildman–Crippen MR) is 99.0 cm³/mol. The van der Waals surface area contributed by atoms with E-state index in [9.17, 15) is 4.79 Å². The monoisotopic (exact) mass is 360 g/mol. The molecule has 0 unspecified atom stereocenters. The van der Waals surface area contributed by atoms with Crippen LogP contribution in [-0.2, 0) is 11.8 Å². The number of nitrogens with one attached hydrogen (secondary N) is 3. The van der Waals surface area contributed by atoms with Crippen LogP contribution in [0.3, 0.4) is 0 Å². The number of carbonyl (C=O) groups is 1. The second kappa shape index (κ2) is 7.59. The van der Waals surface area contributed by atoms with Gasteiger partial charge in [0.05, 0.1) is 18.0 Å². The summed E-state index contributed by atoms with van der Waals surface area (Å²) in [5.74, 6) is -0.142. The van der Waals surface area contributed by atoms with Gasteiger partial charge in [-0.25, -0.2) is 0 Å². The standard InChI is InChI=1S/C18H28N6O2/c1-12-16(13(2)24(3)23-12)14-9-15(22-21-14)17(25)20-10-18(11-26-4)5-7-19-8-6-18/h9,19H,5-8,10-11H2,1-4H3,(H,20,25)(H,21,22). The van der Waals surface area contributed by atoms with E-state index in [4.69, 9.17) is 4.74 Å². The zero-order valence-corrected chi connectivity index (χ0v) is 16.0. The summed E-state index contributed by atoms with van der Waals surface area (Å²) in [6.45, 7) is 7.09. The van der Waals surface area contributed by atoms with Gasteiger partial charge in [0, 0.05) is 37.4 Å².